The molecule has 4 aliphatic rings. The number of rotatable bonds is 5. The van der Waals surface area contributed by atoms with Crippen LogP contribution in [0.4, 0.5) is 0 Å². The van der Waals surface area contributed by atoms with Crippen LogP contribution >= 0.6 is 0 Å². The Bertz CT molecular complexity index is 1060. The van der Waals surface area contributed by atoms with Crippen molar-refractivity contribution < 1.29 is 9.59 Å². The van der Waals surface area contributed by atoms with Gasteiger partial charge in [0.25, 0.3) is 11.8 Å². The van der Waals surface area contributed by atoms with Gasteiger partial charge in [-0.15, -0.1) is 0 Å². The van der Waals surface area contributed by atoms with E-state index in [1.807, 2.05) is 23.1 Å². The number of hydrogen-bond acceptors (Lipinski definition) is 4. The van der Waals surface area contributed by atoms with Gasteiger partial charge in [0.15, 0.2) is 0 Å². The SMILES string of the molecule is CC(C)[C@@H]1CNCCN1C(=O)c1cn2c(C(=O)NC[C@@H]3CC[C@H]4C[C@@H]3C4(C)C)cccc2n1. The number of fused-ring (bicyclic) bond motifs is 3. The van der Waals surface area contributed by atoms with Crippen molar-refractivity contribution in [3.8, 4) is 0 Å². The fraction of sp³-hybridized carbons (Fsp3) is 0.654. The van der Waals surface area contributed by atoms with E-state index in [1.54, 1.807) is 10.6 Å². The Balaban J connectivity index is 1.32. The van der Waals surface area contributed by atoms with Crippen molar-refractivity contribution in [2.24, 2.45) is 29.1 Å². The third-order valence-electron chi connectivity index (χ3n) is 8.78. The number of hydrogen-bond donors (Lipinski definition) is 2. The molecule has 178 valence electrons. The summed E-state index contributed by atoms with van der Waals surface area (Å²) in [5, 5.41) is 6.57. The molecule has 3 saturated carbocycles. The molecule has 4 atom stereocenters. The Morgan fingerprint density at radius 2 is 2.09 bits per heavy atom. The second-order valence-corrected chi connectivity index (χ2v) is 11.2. The van der Waals surface area contributed by atoms with E-state index in [0.717, 1.165) is 19.0 Å². The molecule has 2 aromatic rings. The molecule has 2 bridgehead atoms. The average Bonchev–Trinajstić information content (AvgIpc) is 3.26. The molecule has 2 N–H and O–H groups in total. The van der Waals surface area contributed by atoms with Crippen LogP contribution < -0.4 is 10.6 Å². The third-order valence-corrected chi connectivity index (χ3v) is 8.78. The van der Waals surface area contributed by atoms with Crippen molar-refractivity contribution in [3.05, 3.63) is 35.8 Å². The zero-order valence-corrected chi connectivity index (χ0v) is 20.3. The maximum absolute atomic E-state index is 13.3. The molecule has 1 aliphatic heterocycles. The van der Waals surface area contributed by atoms with Crippen LogP contribution in [-0.2, 0) is 0 Å². The Kier molecular flexibility index (Phi) is 5.71. The fourth-order valence-electron chi connectivity index (χ4n) is 6.54. The summed E-state index contributed by atoms with van der Waals surface area (Å²) in [4.78, 5) is 33.0. The van der Waals surface area contributed by atoms with Gasteiger partial charge in [-0.25, -0.2) is 4.98 Å². The molecule has 7 heteroatoms. The molecular formula is C26H37N5O2. The highest BCUT2D eigenvalue weighted by atomic mass is 16.2. The number of aromatic nitrogens is 2. The zero-order valence-electron chi connectivity index (χ0n) is 20.3. The maximum atomic E-state index is 13.3. The number of carbonyl (C=O) groups excluding carboxylic acids is 2. The molecule has 0 aromatic carbocycles. The minimum atomic E-state index is -0.0986. The van der Waals surface area contributed by atoms with Gasteiger partial charge in [0.1, 0.15) is 17.0 Å². The summed E-state index contributed by atoms with van der Waals surface area (Å²) in [6.45, 7) is 12.0. The zero-order chi connectivity index (χ0) is 23.3. The number of amides is 2. The van der Waals surface area contributed by atoms with E-state index in [9.17, 15) is 9.59 Å². The van der Waals surface area contributed by atoms with Crippen LogP contribution in [0.25, 0.3) is 5.65 Å². The summed E-state index contributed by atoms with van der Waals surface area (Å²) in [5.41, 5.74) is 1.96. The van der Waals surface area contributed by atoms with Gasteiger partial charge in [-0.2, -0.15) is 0 Å². The van der Waals surface area contributed by atoms with Crippen LogP contribution in [0.1, 0.15) is 67.9 Å². The predicted molar refractivity (Wildman–Crippen MR) is 128 cm³/mol. The normalized spacial score (nSPS) is 28.6. The van der Waals surface area contributed by atoms with Crippen LogP contribution in [0.3, 0.4) is 0 Å². The molecule has 33 heavy (non-hydrogen) atoms. The first kappa shape index (κ1) is 22.4. The quantitative estimate of drug-likeness (QED) is 0.732. The second-order valence-electron chi connectivity index (χ2n) is 11.2. The number of imidazole rings is 1. The lowest BCUT2D eigenvalue weighted by atomic mass is 9.45. The Labute approximate surface area is 196 Å². The van der Waals surface area contributed by atoms with Crippen molar-refractivity contribution in [2.75, 3.05) is 26.2 Å². The number of nitrogens with one attached hydrogen (secondary N) is 2. The van der Waals surface area contributed by atoms with E-state index in [4.69, 9.17) is 0 Å². The molecule has 0 unspecified atom stereocenters. The van der Waals surface area contributed by atoms with E-state index in [0.29, 0.717) is 53.3 Å². The number of pyridine rings is 1. The summed E-state index contributed by atoms with van der Waals surface area (Å²) in [5.74, 6) is 2.31. The van der Waals surface area contributed by atoms with Crippen molar-refractivity contribution in [2.45, 2.75) is 53.0 Å². The summed E-state index contributed by atoms with van der Waals surface area (Å²) in [6, 6.07) is 5.64. The first-order chi connectivity index (χ1) is 15.8. The van der Waals surface area contributed by atoms with E-state index in [2.05, 4.69) is 43.3 Å². The maximum Gasteiger partial charge on any atom is 0.274 e. The lowest BCUT2D eigenvalue weighted by molar-refractivity contribution is -0.103. The molecule has 4 fully saturated rings. The van der Waals surface area contributed by atoms with Crippen LogP contribution in [0, 0.1) is 29.1 Å². The van der Waals surface area contributed by atoms with Crippen molar-refractivity contribution in [3.63, 3.8) is 0 Å². The Morgan fingerprint density at radius 1 is 1.27 bits per heavy atom. The molecule has 2 amide bonds. The number of nitrogens with zero attached hydrogens (tertiary/aromatic N) is 3. The Hall–Kier alpha value is -2.41. The van der Waals surface area contributed by atoms with E-state index in [-0.39, 0.29) is 17.9 Å². The highest BCUT2D eigenvalue weighted by Gasteiger charge is 2.53. The second kappa shape index (κ2) is 8.42. The minimum absolute atomic E-state index is 0.0609. The van der Waals surface area contributed by atoms with Crippen LogP contribution in [0.5, 0.6) is 0 Å². The van der Waals surface area contributed by atoms with Gasteiger partial charge in [-0.1, -0.05) is 33.8 Å². The smallest absolute Gasteiger partial charge is 0.274 e. The molecule has 0 radical (unpaired) electrons. The lowest BCUT2D eigenvalue weighted by Crippen LogP contribution is -2.55. The topological polar surface area (TPSA) is 78.7 Å². The summed E-state index contributed by atoms with van der Waals surface area (Å²) >= 11 is 0. The van der Waals surface area contributed by atoms with Gasteiger partial charge < -0.3 is 15.5 Å². The lowest BCUT2D eigenvalue weighted by Gasteiger charge is -2.60. The highest BCUT2D eigenvalue weighted by Crippen LogP contribution is 2.61. The van der Waals surface area contributed by atoms with Crippen molar-refractivity contribution in [1.82, 2.24) is 24.9 Å². The monoisotopic (exact) mass is 451 g/mol. The van der Waals surface area contributed by atoms with Crippen molar-refractivity contribution in [1.29, 1.82) is 0 Å². The van der Waals surface area contributed by atoms with Gasteiger partial charge in [-0.05, 0) is 60.5 Å². The fourth-order valence-corrected chi connectivity index (χ4v) is 6.54. The summed E-state index contributed by atoms with van der Waals surface area (Å²) in [7, 11) is 0. The van der Waals surface area contributed by atoms with E-state index < -0.39 is 0 Å². The molecule has 3 aliphatic carbocycles. The number of carbonyl (C=O) groups is 2. The minimum Gasteiger partial charge on any atom is -0.350 e. The van der Waals surface area contributed by atoms with E-state index >= 15 is 0 Å². The van der Waals surface area contributed by atoms with Gasteiger partial charge in [0, 0.05) is 38.4 Å². The third kappa shape index (κ3) is 3.84. The van der Waals surface area contributed by atoms with Gasteiger partial charge >= 0.3 is 0 Å². The highest BCUT2D eigenvalue weighted by molar-refractivity contribution is 5.95. The standard InChI is InChI=1S/C26H37N5O2/c1-16(2)22-14-27-10-11-30(22)25(33)20-15-31-21(6-5-7-23(31)29-20)24(32)28-13-17-8-9-18-12-19(17)26(18,3)4/h5-7,15-19,22,27H,8-14H2,1-4H3,(H,28,32)/t17-,18-,19-,22-/m0/s1. The molecule has 0 spiro atoms. The summed E-state index contributed by atoms with van der Waals surface area (Å²) in [6.07, 6.45) is 5.51. The predicted octanol–water partition coefficient (Wildman–Crippen LogP) is 3.21. The molecule has 1 saturated heterocycles. The van der Waals surface area contributed by atoms with Gasteiger partial charge in [0.2, 0.25) is 0 Å². The van der Waals surface area contributed by atoms with Crippen LogP contribution in [0.2, 0.25) is 0 Å². The Morgan fingerprint density at radius 3 is 2.82 bits per heavy atom. The largest absolute Gasteiger partial charge is 0.350 e. The van der Waals surface area contributed by atoms with Crippen molar-refractivity contribution >= 4 is 17.5 Å². The van der Waals surface area contributed by atoms with E-state index in [1.165, 1.54) is 19.3 Å². The van der Waals surface area contributed by atoms with Gasteiger partial charge in [-0.3, -0.25) is 14.0 Å². The molecule has 6 rings (SSSR count). The molecular weight excluding hydrogens is 414 g/mol. The summed E-state index contributed by atoms with van der Waals surface area (Å²) < 4.78 is 1.76. The first-order valence-corrected chi connectivity index (χ1v) is 12.6. The number of piperazine rings is 1. The molecule has 2 aromatic heterocycles. The van der Waals surface area contributed by atoms with Crippen LogP contribution in [0.15, 0.2) is 24.4 Å². The van der Waals surface area contributed by atoms with Gasteiger partial charge in [0.05, 0.1) is 0 Å². The average molecular weight is 452 g/mol. The van der Waals surface area contributed by atoms with Crippen LogP contribution in [-0.4, -0.2) is 58.3 Å². The first-order valence-electron chi connectivity index (χ1n) is 12.6. The molecule has 3 heterocycles. The molecule has 7 nitrogen and oxygen atoms in total.